The second-order valence-electron chi connectivity index (χ2n) is 4.20. The summed E-state index contributed by atoms with van der Waals surface area (Å²) in [5.41, 5.74) is 11.1. The number of thiophene rings is 1. The number of nitrogens with zero attached hydrogens (tertiary/aromatic N) is 4. The lowest BCUT2D eigenvalue weighted by atomic mass is 10.3. The highest BCUT2D eigenvalue weighted by atomic mass is 32.1. The van der Waals surface area contributed by atoms with E-state index < -0.39 is 5.91 Å². The van der Waals surface area contributed by atoms with E-state index in [1.807, 2.05) is 6.07 Å². The van der Waals surface area contributed by atoms with E-state index in [0.29, 0.717) is 5.82 Å². The van der Waals surface area contributed by atoms with Crippen LogP contribution in [0.3, 0.4) is 0 Å². The van der Waals surface area contributed by atoms with Crippen molar-refractivity contribution in [2.75, 3.05) is 5.73 Å². The topological polar surface area (TPSA) is 113 Å². The van der Waals surface area contributed by atoms with Gasteiger partial charge in [-0.1, -0.05) is 6.92 Å². The van der Waals surface area contributed by atoms with Crippen LogP contribution < -0.4 is 11.5 Å². The number of nitrogen functional groups attached to an aromatic ring is 1. The molecular weight excluding hydrogens is 276 g/mol. The SMILES string of the molecule is CCc1cc2c(-n3ccc(C(N)=O)n3)nc(N)nc2s1. The minimum Gasteiger partial charge on any atom is -0.368 e. The van der Waals surface area contributed by atoms with E-state index in [0.717, 1.165) is 16.6 Å². The third-order valence-corrected chi connectivity index (χ3v) is 4.02. The standard InChI is InChI=1S/C12H12N6OS/c1-2-6-5-7-10(15-12(14)16-11(7)20-6)18-4-3-8(17-18)9(13)19/h3-5H,2H2,1H3,(H2,13,19)(H2,14,15,16). The maximum atomic E-state index is 11.1. The summed E-state index contributed by atoms with van der Waals surface area (Å²) in [5.74, 6) is 0.144. The average Bonchev–Trinajstić information content (AvgIpc) is 3.03. The molecule has 0 atom stereocenters. The van der Waals surface area contributed by atoms with Crippen LogP contribution in [0.2, 0.25) is 0 Å². The van der Waals surface area contributed by atoms with Gasteiger partial charge in [0.2, 0.25) is 5.95 Å². The van der Waals surface area contributed by atoms with E-state index in [1.165, 1.54) is 9.56 Å². The van der Waals surface area contributed by atoms with Crippen LogP contribution in [-0.2, 0) is 6.42 Å². The molecule has 8 heteroatoms. The zero-order chi connectivity index (χ0) is 14.3. The summed E-state index contributed by atoms with van der Waals surface area (Å²) in [5, 5.41) is 4.97. The van der Waals surface area contributed by atoms with Crippen LogP contribution >= 0.6 is 11.3 Å². The molecule has 0 radical (unpaired) electrons. The van der Waals surface area contributed by atoms with Gasteiger partial charge in [-0.2, -0.15) is 10.1 Å². The Morgan fingerprint density at radius 3 is 2.90 bits per heavy atom. The fourth-order valence-corrected chi connectivity index (χ4v) is 2.86. The van der Waals surface area contributed by atoms with Gasteiger partial charge in [0.1, 0.15) is 10.5 Å². The van der Waals surface area contributed by atoms with E-state index in [1.54, 1.807) is 23.6 Å². The van der Waals surface area contributed by atoms with Gasteiger partial charge in [0.25, 0.3) is 5.91 Å². The van der Waals surface area contributed by atoms with Crippen molar-refractivity contribution in [3.63, 3.8) is 0 Å². The molecule has 0 unspecified atom stereocenters. The lowest BCUT2D eigenvalue weighted by Crippen LogP contribution is -2.12. The molecule has 0 bridgehead atoms. The first kappa shape index (κ1) is 12.5. The largest absolute Gasteiger partial charge is 0.368 e. The first-order valence-electron chi connectivity index (χ1n) is 6.00. The Kier molecular flexibility index (Phi) is 2.87. The molecule has 0 aliphatic rings. The van der Waals surface area contributed by atoms with Crippen molar-refractivity contribution in [2.24, 2.45) is 5.73 Å². The molecule has 4 N–H and O–H groups in total. The fraction of sp³-hybridized carbons (Fsp3) is 0.167. The van der Waals surface area contributed by atoms with Crippen molar-refractivity contribution >= 4 is 33.4 Å². The number of hydrogen-bond acceptors (Lipinski definition) is 6. The van der Waals surface area contributed by atoms with Gasteiger partial charge in [-0.15, -0.1) is 11.3 Å². The highest BCUT2D eigenvalue weighted by molar-refractivity contribution is 7.18. The Morgan fingerprint density at radius 2 is 2.25 bits per heavy atom. The van der Waals surface area contributed by atoms with Crippen LogP contribution in [0.5, 0.6) is 0 Å². The number of carbonyl (C=O) groups excluding carboxylic acids is 1. The van der Waals surface area contributed by atoms with Crippen LogP contribution in [0.1, 0.15) is 22.3 Å². The second kappa shape index (κ2) is 4.57. The summed E-state index contributed by atoms with van der Waals surface area (Å²) in [7, 11) is 0. The lowest BCUT2D eigenvalue weighted by molar-refractivity contribution is 0.0995. The third kappa shape index (κ3) is 1.99. The molecule has 102 valence electrons. The number of carbonyl (C=O) groups is 1. The Labute approximate surface area is 118 Å². The van der Waals surface area contributed by atoms with Gasteiger partial charge in [0.05, 0.1) is 5.39 Å². The normalized spacial score (nSPS) is 11.1. The van der Waals surface area contributed by atoms with Crippen molar-refractivity contribution < 1.29 is 4.79 Å². The van der Waals surface area contributed by atoms with E-state index in [-0.39, 0.29) is 11.6 Å². The van der Waals surface area contributed by atoms with Crippen molar-refractivity contribution in [1.29, 1.82) is 0 Å². The maximum Gasteiger partial charge on any atom is 0.269 e. The average molecular weight is 288 g/mol. The maximum absolute atomic E-state index is 11.1. The van der Waals surface area contributed by atoms with Crippen LogP contribution in [0.4, 0.5) is 5.95 Å². The second-order valence-corrected chi connectivity index (χ2v) is 5.32. The summed E-state index contributed by atoms with van der Waals surface area (Å²) in [6.07, 6.45) is 2.54. The minimum absolute atomic E-state index is 0.174. The van der Waals surface area contributed by atoms with Gasteiger partial charge in [-0.05, 0) is 18.6 Å². The van der Waals surface area contributed by atoms with E-state index in [9.17, 15) is 4.79 Å². The molecule has 0 aromatic carbocycles. The van der Waals surface area contributed by atoms with E-state index in [4.69, 9.17) is 11.5 Å². The molecule has 0 aliphatic heterocycles. The number of hydrogen-bond donors (Lipinski definition) is 2. The molecule has 20 heavy (non-hydrogen) atoms. The predicted molar refractivity (Wildman–Crippen MR) is 76.8 cm³/mol. The molecule has 1 amide bonds. The molecule has 0 fully saturated rings. The van der Waals surface area contributed by atoms with Gasteiger partial charge in [-0.3, -0.25) is 4.79 Å². The summed E-state index contributed by atoms with van der Waals surface area (Å²) >= 11 is 1.57. The van der Waals surface area contributed by atoms with E-state index >= 15 is 0 Å². The highest BCUT2D eigenvalue weighted by Crippen LogP contribution is 2.28. The summed E-state index contributed by atoms with van der Waals surface area (Å²) < 4.78 is 1.49. The zero-order valence-corrected chi connectivity index (χ0v) is 11.5. The Hall–Kier alpha value is -2.48. The number of nitrogens with two attached hydrogens (primary N) is 2. The molecule has 7 nitrogen and oxygen atoms in total. The molecule has 3 aromatic rings. The number of fused-ring (bicyclic) bond motifs is 1. The molecule has 3 rings (SSSR count). The third-order valence-electron chi connectivity index (χ3n) is 2.85. The number of rotatable bonds is 3. The van der Waals surface area contributed by atoms with E-state index in [2.05, 4.69) is 22.0 Å². The molecule has 0 saturated heterocycles. The number of aromatic nitrogens is 4. The first-order valence-corrected chi connectivity index (χ1v) is 6.82. The van der Waals surface area contributed by atoms with Crippen LogP contribution in [0, 0.1) is 0 Å². The molecule has 3 heterocycles. The lowest BCUT2D eigenvalue weighted by Gasteiger charge is -2.02. The van der Waals surface area contributed by atoms with Crippen LogP contribution in [0.15, 0.2) is 18.3 Å². The number of primary amides is 1. The molecule has 3 aromatic heterocycles. The van der Waals surface area contributed by atoms with Gasteiger partial charge in [0.15, 0.2) is 5.82 Å². The number of aryl methyl sites for hydroxylation is 1. The predicted octanol–water partition coefficient (Wildman–Crippen LogP) is 1.12. The van der Waals surface area contributed by atoms with Crippen molar-refractivity contribution in [1.82, 2.24) is 19.7 Å². The first-order chi connectivity index (χ1) is 9.58. The molecule has 0 saturated carbocycles. The summed E-state index contributed by atoms with van der Waals surface area (Å²) in [4.78, 5) is 21.5. The van der Waals surface area contributed by atoms with Crippen LogP contribution in [-0.4, -0.2) is 25.7 Å². The van der Waals surface area contributed by atoms with Gasteiger partial charge >= 0.3 is 0 Å². The van der Waals surface area contributed by atoms with Crippen molar-refractivity contribution in [2.45, 2.75) is 13.3 Å². The Bertz CT molecular complexity index is 805. The molecule has 0 spiro atoms. The quantitative estimate of drug-likeness (QED) is 0.749. The van der Waals surface area contributed by atoms with Crippen molar-refractivity contribution in [3.05, 3.63) is 28.9 Å². The van der Waals surface area contributed by atoms with Crippen LogP contribution in [0.25, 0.3) is 16.0 Å². The summed E-state index contributed by atoms with van der Waals surface area (Å²) in [6, 6.07) is 3.56. The number of anilines is 1. The zero-order valence-electron chi connectivity index (χ0n) is 10.7. The summed E-state index contributed by atoms with van der Waals surface area (Å²) in [6.45, 7) is 2.07. The van der Waals surface area contributed by atoms with Gasteiger partial charge < -0.3 is 11.5 Å². The smallest absolute Gasteiger partial charge is 0.269 e. The Balaban J connectivity index is 2.22. The highest BCUT2D eigenvalue weighted by Gasteiger charge is 2.14. The fourth-order valence-electron chi connectivity index (χ4n) is 1.89. The number of amides is 1. The monoisotopic (exact) mass is 288 g/mol. The Morgan fingerprint density at radius 1 is 1.45 bits per heavy atom. The van der Waals surface area contributed by atoms with Gasteiger partial charge in [0, 0.05) is 11.1 Å². The molecular formula is C12H12N6OS. The minimum atomic E-state index is -0.582. The molecule has 0 aliphatic carbocycles. The van der Waals surface area contributed by atoms with Gasteiger partial charge in [-0.25, -0.2) is 9.67 Å². The van der Waals surface area contributed by atoms with Crippen molar-refractivity contribution in [3.8, 4) is 5.82 Å².